The molecule has 0 bridgehead atoms. The minimum atomic E-state index is -0.382. The first kappa shape index (κ1) is 25.1. The van der Waals surface area contributed by atoms with E-state index in [1.54, 1.807) is 37.3 Å². The van der Waals surface area contributed by atoms with Crippen LogP contribution in [-0.2, 0) is 4.79 Å². The molecule has 198 valence electrons. The highest BCUT2D eigenvalue weighted by Gasteiger charge is 2.40. The third-order valence-corrected chi connectivity index (χ3v) is 7.58. The molecule has 1 aromatic heterocycles. The molecule has 1 atom stereocenters. The van der Waals surface area contributed by atoms with Gasteiger partial charge < -0.3 is 18.9 Å². The van der Waals surface area contributed by atoms with Crippen molar-refractivity contribution in [3.63, 3.8) is 0 Å². The van der Waals surface area contributed by atoms with Crippen molar-refractivity contribution in [2.45, 2.75) is 24.9 Å². The van der Waals surface area contributed by atoms with E-state index >= 15 is 0 Å². The Hall–Kier alpha value is -4.23. The summed E-state index contributed by atoms with van der Waals surface area (Å²) in [6, 6.07) is 24.2. The lowest BCUT2D eigenvalue weighted by Crippen LogP contribution is -2.47. The molecule has 1 unspecified atom stereocenters. The lowest BCUT2D eigenvalue weighted by atomic mass is 9.97. The Bertz CT molecular complexity index is 1520. The monoisotopic (exact) mass is 541 g/mol. The van der Waals surface area contributed by atoms with Crippen LogP contribution >= 0.6 is 11.6 Å². The Balaban J connectivity index is 1.39. The van der Waals surface area contributed by atoms with Crippen LogP contribution < -0.4 is 14.4 Å². The summed E-state index contributed by atoms with van der Waals surface area (Å²) in [4.78, 5) is 31.6. The molecule has 0 saturated heterocycles. The average Bonchev–Trinajstić information content (AvgIpc) is 3.69. The van der Waals surface area contributed by atoms with Crippen molar-refractivity contribution in [1.29, 1.82) is 0 Å². The normalized spacial score (nSPS) is 15.8. The first-order valence-electron chi connectivity index (χ1n) is 12.9. The van der Waals surface area contributed by atoms with Crippen LogP contribution in [0, 0.1) is 0 Å². The second-order valence-electron chi connectivity index (χ2n) is 9.78. The summed E-state index contributed by atoms with van der Waals surface area (Å²) in [5.74, 6) is 0.659. The van der Waals surface area contributed by atoms with E-state index in [2.05, 4.69) is 4.57 Å². The Morgan fingerprint density at radius 2 is 1.56 bits per heavy atom. The number of carbonyl (C=O) groups is 2. The number of hydrogen-bond donors (Lipinski definition) is 0. The Labute approximate surface area is 232 Å². The number of para-hydroxylation sites is 2. The topological polar surface area (TPSA) is 64.0 Å². The molecule has 1 saturated carbocycles. The van der Waals surface area contributed by atoms with Gasteiger partial charge in [0.2, 0.25) is 5.91 Å². The van der Waals surface area contributed by atoms with E-state index in [4.69, 9.17) is 21.1 Å². The molecule has 1 aliphatic heterocycles. The molecule has 8 heteroatoms. The maximum absolute atomic E-state index is 14.3. The molecule has 1 aliphatic carbocycles. The highest BCUT2D eigenvalue weighted by atomic mass is 35.5. The van der Waals surface area contributed by atoms with Gasteiger partial charge in [0.1, 0.15) is 24.1 Å². The minimum absolute atomic E-state index is 0.0107. The predicted octanol–water partition coefficient (Wildman–Crippen LogP) is 5.89. The minimum Gasteiger partial charge on any atom is -0.497 e. The summed E-state index contributed by atoms with van der Waals surface area (Å²) in [5, 5.41) is 0.627. The van der Waals surface area contributed by atoms with Gasteiger partial charge in [-0.3, -0.25) is 14.5 Å². The quantitative estimate of drug-likeness (QED) is 0.293. The van der Waals surface area contributed by atoms with Crippen LogP contribution in [0.3, 0.4) is 0 Å². The molecule has 0 radical (unpaired) electrons. The predicted molar refractivity (Wildman–Crippen MR) is 150 cm³/mol. The van der Waals surface area contributed by atoms with Gasteiger partial charge in [-0.1, -0.05) is 35.9 Å². The molecule has 39 heavy (non-hydrogen) atoms. The van der Waals surface area contributed by atoms with Crippen LogP contribution in [0.2, 0.25) is 5.02 Å². The van der Waals surface area contributed by atoms with Crippen molar-refractivity contribution in [3.05, 3.63) is 107 Å². The number of carbonyl (C=O) groups excluding carboxylic acids is 2. The van der Waals surface area contributed by atoms with Crippen LogP contribution in [0.4, 0.5) is 5.69 Å². The number of halogens is 1. The summed E-state index contributed by atoms with van der Waals surface area (Å²) >= 11 is 6.21. The van der Waals surface area contributed by atoms with Gasteiger partial charge in [-0.2, -0.15) is 0 Å². The number of nitrogens with zero attached hydrogens (tertiary/aromatic N) is 3. The van der Waals surface area contributed by atoms with Crippen LogP contribution in [0.5, 0.6) is 11.5 Å². The van der Waals surface area contributed by atoms with Crippen molar-refractivity contribution >= 4 is 29.1 Å². The van der Waals surface area contributed by atoms with E-state index in [0.717, 1.165) is 35.5 Å². The second kappa shape index (κ2) is 10.2. The zero-order valence-electron chi connectivity index (χ0n) is 21.7. The average molecular weight is 542 g/mol. The van der Waals surface area contributed by atoms with Crippen LogP contribution in [-0.4, -0.2) is 48.1 Å². The molecule has 6 rings (SSSR count). The summed E-state index contributed by atoms with van der Waals surface area (Å²) in [6.07, 6.45) is 3.73. The van der Waals surface area contributed by atoms with E-state index < -0.39 is 0 Å². The molecule has 3 aromatic carbocycles. The molecule has 0 N–H and O–H groups in total. The van der Waals surface area contributed by atoms with Gasteiger partial charge in [0, 0.05) is 28.9 Å². The lowest BCUT2D eigenvalue weighted by molar-refractivity contribution is -0.119. The summed E-state index contributed by atoms with van der Waals surface area (Å²) in [7, 11) is 3.09. The van der Waals surface area contributed by atoms with Crippen molar-refractivity contribution in [2.24, 2.45) is 0 Å². The smallest absolute Gasteiger partial charge is 0.254 e. The van der Waals surface area contributed by atoms with Gasteiger partial charge >= 0.3 is 0 Å². The fraction of sp³-hybridized carbons (Fsp3) is 0.226. The number of hydrogen-bond acceptors (Lipinski definition) is 4. The number of aromatic nitrogens is 1. The third kappa shape index (κ3) is 4.63. The molecule has 2 amide bonds. The maximum Gasteiger partial charge on any atom is 0.254 e. The molecule has 2 aliphatic rings. The molecular weight excluding hydrogens is 514 g/mol. The van der Waals surface area contributed by atoms with Crippen molar-refractivity contribution in [1.82, 2.24) is 9.47 Å². The van der Waals surface area contributed by atoms with E-state index in [1.807, 2.05) is 71.8 Å². The van der Waals surface area contributed by atoms with Crippen LogP contribution in [0.25, 0.3) is 5.69 Å². The molecular formula is C31H28ClN3O4. The van der Waals surface area contributed by atoms with Gasteiger partial charge in [0.15, 0.2) is 0 Å². The zero-order valence-corrected chi connectivity index (χ0v) is 22.5. The summed E-state index contributed by atoms with van der Waals surface area (Å²) in [5.41, 5.74) is 4.03. The summed E-state index contributed by atoms with van der Waals surface area (Å²) in [6.45, 7) is -0.0534. The Kier molecular flexibility index (Phi) is 6.53. The highest BCUT2D eigenvalue weighted by molar-refractivity contribution is 6.30. The van der Waals surface area contributed by atoms with Gasteiger partial charge in [-0.15, -0.1) is 0 Å². The first-order valence-corrected chi connectivity index (χ1v) is 13.2. The fourth-order valence-electron chi connectivity index (χ4n) is 5.29. The number of fused-ring (bicyclic) bond motifs is 3. The van der Waals surface area contributed by atoms with Crippen molar-refractivity contribution in [2.75, 3.05) is 25.7 Å². The van der Waals surface area contributed by atoms with E-state index in [9.17, 15) is 9.59 Å². The number of methoxy groups -OCH3 is 2. The van der Waals surface area contributed by atoms with Crippen LogP contribution in [0.1, 0.15) is 40.5 Å². The number of ether oxygens (including phenoxy) is 2. The van der Waals surface area contributed by atoms with E-state index in [0.29, 0.717) is 22.1 Å². The number of rotatable bonds is 7. The van der Waals surface area contributed by atoms with Gasteiger partial charge in [0.05, 0.1) is 31.3 Å². The fourth-order valence-corrected chi connectivity index (χ4v) is 5.42. The Morgan fingerprint density at radius 3 is 2.21 bits per heavy atom. The second-order valence-corrected chi connectivity index (χ2v) is 10.2. The molecule has 2 heterocycles. The molecule has 7 nitrogen and oxygen atoms in total. The van der Waals surface area contributed by atoms with Gasteiger partial charge in [0.25, 0.3) is 5.91 Å². The molecule has 0 spiro atoms. The van der Waals surface area contributed by atoms with E-state index in [-0.39, 0.29) is 30.4 Å². The summed E-state index contributed by atoms with van der Waals surface area (Å²) < 4.78 is 12.9. The van der Waals surface area contributed by atoms with Gasteiger partial charge in [-0.25, -0.2) is 0 Å². The Morgan fingerprint density at radius 1 is 0.897 bits per heavy atom. The number of anilines is 1. The largest absolute Gasteiger partial charge is 0.497 e. The molecule has 4 aromatic rings. The van der Waals surface area contributed by atoms with Crippen molar-refractivity contribution in [3.8, 4) is 17.2 Å². The van der Waals surface area contributed by atoms with Crippen LogP contribution in [0.15, 0.2) is 85.1 Å². The highest BCUT2D eigenvalue weighted by Crippen LogP contribution is 2.43. The standard InChI is InChI=1S/C31H28ClN3O4/c1-38-24-16-21(17-25(18-24)39-2)31(37)34(23-13-14-23)19-29(36)35-27-7-4-3-6-26(27)33-15-5-8-28(33)30(35)20-9-11-22(32)12-10-20/h3-12,15-18,23,30H,13-14,19H2,1-2H3. The van der Waals surface area contributed by atoms with Crippen molar-refractivity contribution < 1.29 is 19.1 Å². The first-order chi connectivity index (χ1) is 19.0. The number of amides is 2. The lowest BCUT2D eigenvalue weighted by Gasteiger charge is -2.39. The van der Waals surface area contributed by atoms with Gasteiger partial charge in [-0.05, 0) is 66.9 Å². The maximum atomic E-state index is 14.3. The SMILES string of the molecule is COc1cc(OC)cc(C(=O)N(CC(=O)N2c3ccccc3-n3cccc3C2c2ccc(Cl)cc2)C2CC2)c1. The third-order valence-electron chi connectivity index (χ3n) is 7.33. The van der Waals surface area contributed by atoms with E-state index in [1.165, 1.54) is 0 Å². The zero-order chi connectivity index (χ0) is 27.1. The number of benzene rings is 3. The molecule has 1 fully saturated rings.